The van der Waals surface area contributed by atoms with Gasteiger partial charge in [-0.05, 0) is 76.3 Å². The zero-order valence-corrected chi connectivity index (χ0v) is 16.3. The largest absolute Gasteiger partial charge is 0.330 e. The van der Waals surface area contributed by atoms with Crippen molar-refractivity contribution >= 4 is 5.71 Å². The first-order valence-electron chi connectivity index (χ1n) is 9.69. The number of nitrogens with two attached hydrogens (primary N) is 1. The highest BCUT2D eigenvalue weighted by Gasteiger charge is 2.51. The second-order valence-electron chi connectivity index (χ2n) is 8.10. The predicted octanol–water partition coefficient (Wildman–Crippen LogP) is 5.32. The Morgan fingerprint density at radius 2 is 2.21 bits per heavy atom. The summed E-state index contributed by atoms with van der Waals surface area (Å²) >= 11 is 0. The highest BCUT2D eigenvalue weighted by atomic mass is 14.8. The van der Waals surface area contributed by atoms with Gasteiger partial charge in [0.1, 0.15) is 0 Å². The maximum Gasteiger partial charge on any atom is 0.0381 e. The molecule has 2 nitrogen and oxygen atoms in total. The van der Waals surface area contributed by atoms with Crippen LogP contribution in [0, 0.1) is 23.2 Å². The first-order chi connectivity index (χ1) is 11.4. The molecule has 134 valence electrons. The van der Waals surface area contributed by atoms with Crippen molar-refractivity contribution in [2.24, 2.45) is 33.9 Å². The minimum Gasteiger partial charge on any atom is -0.330 e. The Kier molecular flexibility index (Phi) is 6.62. The summed E-state index contributed by atoms with van der Waals surface area (Å²) < 4.78 is 0. The van der Waals surface area contributed by atoms with Gasteiger partial charge >= 0.3 is 0 Å². The SMILES string of the molecule is CC/N=C(\C=C/C(C)[C@H]1CC=C(C)C=C1C)C1C[C@@]1(C)CCCN. The topological polar surface area (TPSA) is 38.4 Å². The number of allylic oxidation sites excluding steroid dienone is 6. The Bertz CT molecular complexity index is 552. The van der Waals surface area contributed by atoms with Gasteiger partial charge in [0, 0.05) is 18.2 Å². The molecule has 0 amide bonds. The lowest BCUT2D eigenvalue weighted by molar-refractivity contribution is 0.479. The lowest BCUT2D eigenvalue weighted by Crippen LogP contribution is -2.14. The standard InChI is InChI=1S/C22H36N2/c1-6-24-21(20-15-22(20,5)12-7-13-23)11-9-17(3)19-10-8-16(2)14-18(19)4/h8-9,11,14,17,19-20H,6-7,10,12-13,15,23H2,1-5H3/b11-9-,24-21+/t17?,19-,20?,22-/m1/s1. The highest BCUT2D eigenvalue weighted by Crippen LogP contribution is 2.56. The van der Waals surface area contributed by atoms with Crippen molar-refractivity contribution in [2.75, 3.05) is 13.1 Å². The first kappa shape index (κ1) is 19.2. The van der Waals surface area contributed by atoms with Gasteiger partial charge in [-0.2, -0.15) is 0 Å². The lowest BCUT2D eigenvalue weighted by atomic mass is 9.80. The molecule has 2 N–H and O–H groups in total. The van der Waals surface area contributed by atoms with E-state index >= 15 is 0 Å². The summed E-state index contributed by atoms with van der Waals surface area (Å²) in [4.78, 5) is 4.81. The summed E-state index contributed by atoms with van der Waals surface area (Å²) in [5.41, 5.74) is 10.4. The van der Waals surface area contributed by atoms with E-state index in [0.29, 0.717) is 23.2 Å². The van der Waals surface area contributed by atoms with Crippen LogP contribution in [0.4, 0.5) is 0 Å². The molecule has 0 radical (unpaired) electrons. The van der Waals surface area contributed by atoms with Crippen LogP contribution >= 0.6 is 0 Å². The van der Waals surface area contributed by atoms with Gasteiger partial charge in [-0.3, -0.25) is 4.99 Å². The summed E-state index contributed by atoms with van der Waals surface area (Å²) in [7, 11) is 0. The van der Waals surface area contributed by atoms with Gasteiger partial charge in [-0.15, -0.1) is 0 Å². The molecule has 1 fully saturated rings. The number of rotatable bonds is 8. The smallest absolute Gasteiger partial charge is 0.0381 e. The van der Waals surface area contributed by atoms with Crippen LogP contribution < -0.4 is 5.73 Å². The fraction of sp³-hybridized carbons (Fsp3) is 0.682. The van der Waals surface area contributed by atoms with Crippen LogP contribution in [0.15, 0.2) is 40.4 Å². The molecule has 4 atom stereocenters. The van der Waals surface area contributed by atoms with Crippen LogP contribution in [-0.2, 0) is 0 Å². The van der Waals surface area contributed by atoms with Crippen LogP contribution in [0.2, 0.25) is 0 Å². The molecule has 2 heteroatoms. The number of aliphatic imine (C=N–C) groups is 1. The van der Waals surface area contributed by atoms with E-state index in [4.69, 9.17) is 10.7 Å². The molecule has 0 spiro atoms. The van der Waals surface area contributed by atoms with E-state index in [2.05, 4.69) is 58.9 Å². The van der Waals surface area contributed by atoms with Crippen molar-refractivity contribution in [3.05, 3.63) is 35.5 Å². The Morgan fingerprint density at radius 1 is 1.46 bits per heavy atom. The van der Waals surface area contributed by atoms with E-state index in [0.717, 1.165) is 25.9 Å². The van der Waals surface area contributed by atoms with E-state index < -0.39 is 0 Å². The van der Waals surface area contributed by atoms with E-state index in [1.807, 2.05) is 0 Å². The van der Waals surface area contributed by atoms with E-state index in [9.17, 15) is 0 Å². The van der Waals surface area contributed by atoms with Crippen molar-refractivity contribution < 1.29 is 0 Å². The van der Waals surface area contributed by atoms with Crippen molar-refractivity contribution in [3.8, 4) is 0 Å². The second-order valence-corrected chi connectivity index (χ2v) is 8.10. The summed E-state index contributed by atoms with van der Waals surface area (Å²) in [5.74, 6) is 1.83. The molecule has 24 heavy (non-hydrogen) atoms. The lowest BCUT2D eigenvalue weighted by Gasteiger charge is -2.25. The number of hydrogen-bond donors (Lipinski definition) is 1. The van der Waals surface area contributed by atoms with Gasteiger partial charge in [0.2, 0.25) is 0 Å². The van der Waals surface area contributed by atoms with Gasteiger partial charge in [-0.1, -0.05) is 43.2 Å². The maximum absolute atomic E-state index is 5.69. The van der Waals surface area contributed by atoms with Crippen molar-refractivity contribution in [1.29, 1.82) is 0 Å². The molecule has 2 aliphatic rings. The molecule has 2 aliphatic carbocycles. The molecule has 2 rings (SSSR count). The third kappa shape index (κ3) is 4.69. The monoisotopic (exact) mass is 328 g/mol. The Labute approximate surface area is 149 Å². The Balaban J connectivity index is 2.00. The van der Waals surface area contributed by atoms with Gasteiger partial charge in [-0.25, -0.2) is 0 Å². The fourth-order valence-electron chi connectivity index (χ4n) is 4.15. The molecule has 0 aliphatic heterocycles. The molecule has 0 heterocycles. The third-order valence-electron chi connectivity index (χ3n) is 5.94. The van der Waals surface area contributed by atoms with Crippen LogP contribution in [0.3, 0.4) is 0 Å². The average Bonchev–Trinajstić information content (AvgIpc) is 3.21. The van der Waals surface area contributed by atoms with Crippen molar-refractivity contribution in [3.63, 3.8) is 0 Å². The quantitative estimate of drug-likeness (QED) is 0.602. The average molecular weight is 329 g/mol. The molecular formula is C22H36N2. The molecular weight excluding hydrogens is 292 g/mol. The molecule has 0 bridgehead atoms. The molecule has 2 unspecified atom stereocenters. The molecule has 0 aromatic heterocycles. The summed E-state index contributed by atoms with van der Waals surface area (Å²) in [6, 6.07) is 0. The zero-order valence-electron chi connectivity index (χ0n) is 16.3. The summed E-state index contributed by atoms with van der Waals surface area (Å²) in [6.45, 7) is 13.0. The minimum atomic E-state index is 0.432. The van der Waals surface area contributed by atoms with E-state index in [1.54, 1.807) is 0 Å². The Morgan fingerprint density at radius 3 is 2.83 bits per heavy atom. The Hall–Kier alpha value is -1.15. The van der Waals surface area contributed by atoms with Gasteiger partial charge in [0.15, 0.2) is 0 Å². The summed E-state index contributed by atoms with van der Waals surface area (Å²) in [5, 5.41) is 0. The summed E-state index contributed by atoms with van der Waals surface area (Å²) in [6.07, 6.45) is 14.2. The first-order valence-corrected chi connectivity index (χ1v) is 9.69. The predicted molar refractivity (Wildman–Crippen MR) is 106 cm³/mol. The van der Waals surface area contributed by atoms with Crippen LogP contribution in [-0.4, -0.2) is 18.8 Å². The van der Waals surface area contributed by atoms with Gasteiger partial charge in [0.25, 0.3) is 0 Å². The minimum absolute atomic E-state index is 0.432. The third-order valence-corrected chi connectivity index (χ3v) is 5.94. The van der Waals surface area contributed by atoms with E-state index in [1.165, 1.54) is 29.7 Å². The van der Waals surface area contributed by atoms with Crippen molar-refractivity contribution in [2.45, 2.75) is 60.3 Å². The number of hydrogen-bond acceptors (Lipinski definition) is 2. The maximum atomic E-state index is 5.69. The van der Waals surface area contributed by atoms with Gasteiger partial charge < -0.3 is 5.73 Å². The highest BCUT2D eigenvalue weighted by molar-refractivity contribution is 5.99. The normalized spacial score (nSPS) is 31.8. The van der Waals surface area contributed by atoms with Crippen molar-refractivity contribution in [1.82, 2.24) is 0 Å². The molecule has 0 saturated heterocycles. The molecule has 0 aromatic carbocycles. The fourth-order valence-corrected chi connectivity index (χ4v) is 4.15. The number of nitrogens with zero attached hydrogens (tertiary/aromatic N) is 1. The molecule has 0 aromatic rings. The van der Waals surface area contributed by atoms with Gasteiger partial charge in [0.05, 0.1) is 0 Å². The van der Waals surface area contributed by atoms with Crippen LogP contribution in [0.25, 0.3) is 0 Å². The van der Waals surface area contributed by atoms with Crippen LogP contribution in [0.1, 0.15) is 60.3 Å². The molecule has 1 saturated carbocycles. The second kappa shape index (κ2) is 8.29. The van der Waals surface area contributed by atoms with E-state index in [-0.39, 0.29) is 0 Å². The zero-order chi connectivity index (χ0) is 17.7. The van der Waals surface area contributed by atoms with Crippen LogP contribution in [0.5, 0.6) is 0 Å².